The van der Waals surface area contributed by atoms with E-state index < -0.39 is 0 Å². The van der Waals surface area contributed by atoms with Crippen LogP contribution in [0.25, 0.3) is 0 Å². The van der Waals surface area contributed by atoms with Crippen LogP contribution >= 0.6 is 39.0 Å². The molecule has 0 aromatic carbocycles. The van der Waals surface area contributed by atoms with E-state index in [1.165, 1.54) is 20.9 Å². The topological polar surface area (TPSA) is 29.3 Å². The Morgan fingerprint density at radius 3 is 2.73 bits per heavy atom. The summed E-state index contributed by atoms with van der Waals surface area (Å²) >= 11 is 7.44. The van der Waals surface area contributed by atoms with Crippen LogP contribution in [0.5, 0.6) is 0 Å². The van der Waals surface area contributed by atoms with Gasteiger partial charge in [-0.05, 0) is 27.4 Å². The fourth-order valence-electron chi connectivity index (χ4n) is 1.85. The van der Waals surface area contributed by atoms with Crippen molar-refractivity contribution in [2.75, 3.05) is 31.1 Å². The minimum absolute atomic E-state index is 0.403. The van der Waals surface area contributed by atoms with Crippen molar-refractivity contribution in [2.24, 2.45) is 5.73 Å². The summed E-state index contributed by atoms with van der Waals surface area (Å²) in [6.07, 6.45) is 0. The van der Waals surface area contributed by atoms with Crippen molar-refractivity contribution < 1.29 is 0 Å². The summed E-state index contributed by atoms with van der Waals surface area (Å²) in [5.74, 6) is 2.47. The Labute approximate surface area is 107 Å². The third-order valence-electron chi connectivity index (χ3n) is 2.66. The Bertz CT molecular complexity index is 310. The van der Waals surface area contributed by atoms with E-state index in [2.05, 4.69) is 32.3 Å². The molecule has 1 atom stereocenters. The van der Waals surface area contributed by atoms with Gasteiger partial charge in [-0.3, -0.25) is 4.90 Å². The molecule has 0 aliphatic carbocycles. The Hall–Kier alpha value is 0.450. The van der Waals surface area contributed by atoms with Crippen LogP contribution in [-0.2, 0) is 0 Å². The van der Waals surface area contributed by atoms with E-state index in [-0.39, 0.29) is 0 Å². The molecule has 0 saturated carbocycles. The van der Waals surface area contributed by atoms with Crippen molar-refractivity contribution in [1.82, 2.24) is 4.90 Å². The zero-order chi connectivity index (χ0) is 10.7. The van der Waals surface area contributed by atoms with E-state index in [0.717, 1.165) is 13.1 Å². The van der Waals surface area contributed by atoms with Crippen LogP contribution in [0, 0.1) is 0 Å². The summed E-state index contributed by atoms with van der Waals surface area (Å²) in [7, 11) is 0. The highest BCUT2D eigenvalue weighted by Crippen LogP contribution is 2.33. The second kappa shape index (κ2) is 5.68. The van der Waals surface area contributed by atoms with Gasteiger partial charge in [0.25, 0.3) is 0 Å². The molecule has 2 rings (SSSR count). The molecule has 1 aromatic rings. The van der Waals surface area contributed by atoms with Gasteiger partial charge in [-0.15, -0.1) is 11.3 Å². The minimum Gasteiger partial charge on any atom is -0.329 e. The zero-order valence-corrected chi connectivity index (χ0v) is 11.7. The lowest BCUT2D eigenvalue weighted by molar-refractivity contribution is 0.226. The van der Waals surface area contributed by atoms with Gasteiger partial charge in [0.2, 0.25) is 0 Å². The second-order valence-corrected chi connectivity index (χ2v) is 6.56. The van der Waals surface area contributed by atoms with E-state index in [4.69, 9.17) is 5.73 Å². The first-order chi connectivity index (χ1) is 7.33. The molecule has 2 heterocycles. The van der Waals surface area contributed by atoms with Gasteiger partial charge >= 0.3 is 0 Å². The van der Waals surface area contributed by atoms with Crippen LogP contribution < -0.4 is 5.73 Å². The van der Waals surface area contributed by atoms with E-state index >= 15 is 0 Å². The number of thioether (sulfide) groups is 1. The number of halogens is 1. The summed E-state index contributed by atoms with van der Waals surface area (Å²) in [5.41, 5.74) is 5.90. The molecule has 0 radical (unpaired) electrons. The molecular weight excluding hydrogens is 292 g/mol. The fourth-order valence-corrected chi connectivity index (χ4v) is 4.57. The largest absolute Gasteiger partial charge is 0.329 e. The SMILES string of the molecule is NCC(c1sccc1Br)N1CCSCC1. The average molecular weight is 307 g/mol. The third-order valence-corrected chi connectivity index (χ3v) is 5.57. The lowest BCUT2D eigenvalue weighted by atomic mass is 10.2. The maximum absolute atomic E-state index is 5.90. The maximum atomic E-state index is 5.90. The first kappa shape index (κ1) is 11.9. The maximum Gasteiger partial charge on any atom is 0.0576 e. The lowest BCUT2D eigenvalue weighted by Gasteiger charge is -2.33. The van der Waals surface area contributed by atoms with Crippen molar-refractivity contribution in [1.29, 1.82) is 0 Å². The van der Waals surface area contributed by atoms with Crippen LogP contribution in [0.4, 0.5) is 0 Å². The summed E-state index contributed by atoms with van der Waals surface area (Å²) in [5, 5.41) is 2.13. The van der Waals surface area contributed by atoms with Gasteiger partial charge in [0.15, 0.2) is 0 Å². The molecule has 1 fully saturated rings. The average Bonchev–Trinajstić information content (AvgIpc) is 2.68. The second-order valence-electron chi connectivity index (χ2n) is 3.53. The highest BCUT2D eigenvalue weighted by Gasteiger charge is 2.23. The molecule has 5 heteroatoms. The lowest BCUT2D eigenvalue weighted by Crippen LogP contribution is -2.39. The van der Waals surface area contributed by atoms with E-state index in [1.807, 2.05) is 11.8 Å². The van der Waals surface area contributed by atoms with Gasteiger partial charge in [-0.2, -0.15) is 11.8 Å². The standard InChI is InChI=1S/C10H15BrN2S2/c11-8-1-4-15-10(8)9(7-12)13-2-5-14-6-3-13/h1,4,9H,2-3,5-7,12H2. The number of hydrogen-bond donors (Lipinski definition) is 1. The van der Waals surface area contributed by atoms with Crippen LogP contribution in [-0.4, -0.2) is 36.0 Å². The Morgan fingerprint density at radius 1 is 1.47 bits per heavy atom. The zero-order valence-electron chi connectivity index (χ0n) is 8.49. The van der Waals surface area contributed by atoms with Gasteiger partial charge in [-0.25, -0.2) is 0 Å². The Kier molecular flexibility index (Phi) is 4.52. The predicted molar refractivity (Wildman–Crippen MR) is 72.7 cm³/mol. The van der Waals surface area contributed by atoms with Gasteiger partial charge in [0, 0.05) is 40.5 Å². The molecule has 0 amide bonds. The quantitative estimate of drug-likeness (QED) is 0.930. The molecule has 0 bridgehead atoms. The molecule has 84 valence electrons. The monoisotopic (exact) mass is 306 g/mol. The molecule has 2 nitrogen and oxygen atoms in total. The number of thiophene rings is 1. The number of nitrogens with zero attached hydrogens (tertiary/aromatic N) is 1. The third kappa shape index (κ3) is 2.77. The van der Waals surface area contributed by atoms with E-state index in [9.17, 15) is 0 Å². The molecule has 1 unspecified atom stereocenters. The highest BCUT2D eigenvalue weighted by molar-refractivity contribution is 9.10. The number of hydrogen-bond acceptors (Lipinski definition) is 4. The summed E-state index contributed by atoms with van der Waals surface area (Å²) in [6.45, 7) is 3.04. The van der Waals surface area contributed by atoms with Crippen molar-refractivity contribution in [3.8, 4) is 0 Å². The summed E-state index contributed by atoms with van der Waals surface area (Å²) in [6, 6.07) is 2.52. The number of rotatable bonds is 3. The first-order valence-corrected chi connectivity index (χ1v) is 7.90. The minimum atomic E-state index is 0.403. The molecule has 15 heavy (non-hydrogen) atoms. The van der Waals surface area contributed by atoms with Crippen molar-refractivity contribution in [3.05, 3.63) is 20.8 Å². The Balaban J connectivity index is 2.12. The molecule has 0 spiro atoms. The molecular formula is C10H15BrN2S2. The van der Waals surface area contributed by atoms with Crippen LogP contribution in [0.1, 0.15) is 10.9 Å². The fraction of sp³-hybridized carbons (Fsp3) is 0.600. The van der Waals surface area contributed by atoms with Crippen molar-refractivity contribution >= 4 is 39.0 Å². The molecule has 1 aliphatic heterocycles. The number of nitrogens with two attached hydrogens (primary N) is 1. The Morgan fingerprint density at radius 2 is 2.20 bits per heavy atom. The smallest absolute Gasteiger partial charge is 0.0576 e. The normalized spacial score (nSPS) is 20.4. The highest BCUT2D eigenvalue weighted by atomic mass is 79.9. The molecule has 1 aliphatic rings. The van der Waals surface area contributed by atoms with Crippen molar-refractivity contribution in [2.45, 2.75) is 6.04 Å². The molecule has 1 aromatic heterocycles. The van der Waals surface area contributed by atoms with E-state index in [0.29, 0.717) is 12.6 Å². The van der Waals surface area contributed by atoms with Gasteiger partial charge in [0.1, 0.15) is 0 Å². The summed E-state index contributed by atoms with van der Waals surface area (Å²) < 4.78 is 1.21. The molecule has 2 N–H and O–H groups in total. The van der Waals surface area contributed by atoms with Gasteiger partial charge < -0.3 is 5.73 Å². The van der Waals surface area contributed by atoms with Crippen LogP contribution in [0.2, 0.25) is 0 Å². The van der Waals surface area contributed by atoms with Crippen molar-refractivity contribution in [3.63, 3.8) is 0 Å². The first-order valence-electron chi connectivity index (χ1n) is 5.07. The van der Waals surface area contributed by atoms with Crippen LogP contribution in [0.15, 0.2) is 15.9 Å². The van der Waals surface area contributed by atoms with Gasteiger partial charge in [0.05, 0.1) is 6.04 Å². The molecule has 1 saturated heterocycles. The predicted octanol–water partition coefficient (Wildman–Crippen LogP) is 2.56. The van der Waals surface area contributed by atoms with E-state index in [1.54, 1.807) is 11.3 Å². The summed E-state index contributed by atoms with van der Waals surface area (Å²) in [4.78, 5) is 3.89. The van der Waals surface area contributed by atoms with Gasteiger partial charge in [-0.1, -0.05) is 0 Å². The van der Waals surface area contributed by atoms with Crippen LogP contribution in [0.3, 0.4) is 0 Å².